The molecule has 84 valence electrons. The molecule has 2 N–H and O–H groups in total. The molecule has 7 nitrogen and oxygen atoms in total. The highest BCUT2D eigenvalue weighted by Gasteiger charge is 2.24. The van der Waals surface area contributed by atoms with E-state index in [1.165, 1.54) is 31.8 Å². The van der Waals surface area contributed by atoms with Gasteiger partial charge in [0.1, 0.15) is 0 Å². The summed E-state index contributed by atoms with van der Waals surface area (Å²) in [4.78, 5) is 15.1. The summed E-state index contributed by atoms with van der Waals surface area (Å²) in [5.74, 6) is 0. The van der Waals surface area contributed by atoms with Crippen LogP contribution in [0.1, 0.15) is 0 Å². The summed E-state index contributed by atoms with van der Waals surface area (Å²) in [7, 11) is -1.19. The lowest BCUT2D eigenvalue weighted by Gasteiger charge is -2.13. The van der Waals surface area contributed by atoms with Crippen LogP contribution in [-0.2, 0) is 13.6 Å². The summed E-state index contributed by atoms with van der Waals surface area (Å²) in [5, 5.41) is 6.52. The van der Waals surface area contributed by atoms with Gasteiger partial charge in [-0.2, -0.15) is 0 Å². The number of carbonyl (C=O) groups excluding carboxylic acids is 1. The summed E-state index contributed by atoms with van der Waals surface area (Å²) in [5.41, 5.74) is 0. The first kappa shape index (κ1) is 12.1. The summed E-state index contributed by atoms with van der Waals surface area (Å²) in [6, 6.07) is -0.697. The Labute approximate surface area is 90.4 Å². The highest BCUT2D eigenvalue weighted by Crippen LogP contribution is 2.41. The van der Waals surface area contributed by atoms with E-state index in [4.69, 9.17) is 0 Å². The molecular formula is C6H10N3O4PS. The SMILES string of the molecule is COP(=O)(NC(=O)Nc1nccs1)OC. The van der Waals surface area contributed by atoms with Gasteiger partial charge in [0.15, 0.2) is 5.13 Å². The second-order valence-electron chi connectivity index (χ2n) is 2.27. The lowest BCUT2D eigenvalue weighted by Crippen LogP contribution is -2.27. The van der Waals surface area contributed by atoms with Crippen molar-refractivity contribution in [1.29, 1.82) is 0 Å². The van der Waals surface area contributed by atoms with E-state index in [-0.39, 0.29) is 0 Å². The van der Waals surface area contributed by atoms with Gasteiger partial charge in [-0.1, -0.05) is 0 Å². The number of anilines is 1. The number of hydrogen-bond donors (Lipinski definition) is 2. The van der Waals surface area contributed by atoms with Crippen LogP contribution in [0.15, 0.2) is 11.6 Å². The van der Waals surface area contributed by atoms with Crippen LogP contribution in [0.25, 0.3) is 0 Å². The second kappa shape index (κ2) is 5.22. The van der Waals surface area contributed by atoms with Gasteiger partial charge >= 0.3 is 13.8 Å². The van der Waals surface area contributed by atoms with Crippen molar-refractivity contribution >= 4 is 30.2 Å². The summed E-state index contributed by atoms with van der Waals surface area (Å²) < 4.78 is 20.5. The molecule has 1 aromatic rings. The van der Waals surface area contributed by atoms with Crippen molar-refractivity contribution < 1.29 is 18.4 Å². The molecule has 0 spiro atoms. The molecule has 9 heteroatoms. The van der Waals surface area contributed by atoms with Crippen molar-refractivity contribution in [3.05, 3.63) is 11.6 Å². The maximum atomic E-state index is 11.5. The zero-order valence-electron chi connectivity index (χ0n) is 8.09. The Kier molecular flexibility index (Phi) is 4.22. The Morgan fingerprint density at radius 1 is 1.53 bits per heavy atom. The number of rotatable bonds is 4. The van der Waals surface area contributed by atoms with E-state index < -0.39 is 13.8 Å². The molecule has 1 aromatic heterocycles. The van der Waals surface area contributed by atoms with Crippen molar-refractivity contribution in [3.63, 3.8) is 0 Å². The van der Waals surface area contributed by atoms with Gasteiger partial charge in [-0.05, 0) is 0 Å². The van der Waals surface area contributed by atoms with Gasteiger partial charge in [-0.15, -0.1) is 11.3 Å². The molecule has 0 saturated heterocycles. The van der Waals surface area contributed by atoms with E-state index in [0.717, 1.165) is 0 Å². The Bertz CT molecular complexity index is 360. The fourth-order valence-corrected chi connectivity index (χ4v) is 1.86. The maximum absolute atomic E-state index is 11.5. The minimum Gasteiger partial charge on any atom is -0.296 e. The van der Waals surface area contributed by atoms with Gasteiger partial charge in [-0.25, -0.2) is 19.4 Å². The van der Waals surface area contributed by atoms with Crippen molar-refractivity contribution in [1.82, 2.24) is 10.1 Å². The van der Waals surface area contributed by atoms with Crippen LogP contribution in [0, 0.1) is 0 Å². The Morgan fingerprint density at radius 2 is 2.20 bits per heavy atom. The molecule has 0 aromatic carbocycles. The first-order valence-electron chi connectivity index (χ1n) is 3.80. The summed E-state index contributed by atoms with van der Waals surface area (Å²) in [6.45, 7) is 0. The van der Waals surface area contributed by atoms with Crippen LogP contribution in [0.5, 0.6) is 0 Å². The third kappa shape index (κ3) is 3.60. The average Bonchev–Trinajstić information content (AvgIpc) is 2.70. The predicted octanol–water partition coefficient (Wildman–Crippen LogP) is 1.67. The van der Waals surface area contributed by atoms with Crippen LogP contribution >= 0.6 is 19.1 Å². The lowest BCUT2D eigenvalue weighted by atomic mass is 10.9. The topological polar surface area (TPSA) is 89.5 Å². The molecule has 0 atom stereocenters. The molecule has 0 unspecified atom stereocenters. The van der Waals surface area contributed by atoms with Crippen molar-refractivity contribution in [2.24, 2.45) is 0 Å². The number of nitrogens with one attached hydrogen (secondary N) is 2. The van der Waals surface area contributed by atoms with Gasteiger partial charge < -0.3 is 0 Å². The first-order chi connectivity index (χ1) is 7.09. The molecule has 0 aliphatic carbocycles. The number of thiazole rings is 1. The fourth-order valence-electron chi connectivity index (χ4n) is 0.700. The maximum Gasteiger partial charge on any atom is 0.435 e. The van der Waals surface area contributed by atoms with E-state index in [0.29, 0.717) is 5.13 Å². The number of hydrogen-bond acceptors (Lipinski definition) is 6. The van der Waals surface area contributed by atoms with Gasteiger partial charge in [0, 0.05) is 25.8 Å². The lowest BCUT2D eigenvalue weighted by molar-refractivity contribution is 0.242. The average molecular weight is 251 g/mol. The van der Waals surface area contributed by atoms with E-state index >= 15 is 0 Å². The molecule has 1 heterocycles. The molecule has 0 aliphatic heterocycles. The van der Waals surface area contributed by atoms with Crippen molar-refractivity contribution in [2.75, 3.05) is 19.5 Å². The smallest absolute Gasteiger partial charge is 0.296 e. The van der Waals surface area contributed by atoms with E-state index in [1.54, 1.807) is 5.38 Å². The largest absolute Gasteiger partial charge is 0.435 e. The van der Waals surface area contributed by atoms with Crippen LogP contribution in [0.4, 0.5) is 9.93 Å². The highest BCUT2D eigenvalue weighted by molar-refractivity contribution is 7.52. The van der Waals surface area contributed by atoms with Gasteiger partial charge in [0.05, 0.1) is 0 Å². The number of urea groups is 1. The van der Waals surface area contributed by atoms with Crippen LogP contribution < -0.4 is 10.4 Å². The van der Waals surface area contributed by atoms with E-state index in [2.05, 4.69) is 24.4 Å². The third-order valence-electron chi connectivity index (χ3n) is 1.37. The van der Waals surface area contributed by atoms with Gasteiger partial charge in [0.2, 0.25) is 0 Å². The van der Waals surface area contributed by atoms with E-state index in [1.807, 2.05) is 0 Å². The number of nitrogens with zero attached hydrogens (tertiary/aromatic N) is 1. The first-order valence-corrected chi connectivity index (χ1v) is 6.22. The van der Waals surface area contributed by atoms with Crippen LogP contribution in [0.3, 0.4) is 0 Å². The Hall–Kier alpha value is -0.950. The second-order valence-corrected chi connectivity index (χ2v) is 5.11. The standard InChI is InChI=1S/C6H10N3O4PS/c1-12-14(11,13-2)9-5(10)8-6-7-3-4-15-6/h3-4H,1-2H3,(H2,7,8,9,10,11). The van der Waals surface area contributed by atoms with Gasteiger partial charge in [-0.3, -0.25) is 14.4 Å². The minimum atomic E-state index is -3.54. The normalized spacial score (nSPS) is 11.1. The molecular weight excluding hydrogens is 241 g/mol. The zero-order valence-corrected chi connectivity index (χ0v) is 9.80. The summed E-state index contributed by atoms with van der Waals surface area (Å²) >= 11 is 1.24. The highest BCUT2D eigenvalue weighted by atomic mass is 32.1. The zero-order chi connectivity index (χ0) is 11.3. The number of carbonyl (C=O) groups is 1. The van der Waals surface area contributed by atoms with Crippen molar-refractivity contribution in [3.8, 4) is 0 Å². The number of amides is 2. The molecule has 2 amide bonds. The van der Waals surface area contributed by atoms with Crippen LogP contribution in [0.2, 0.25) is 0 Å². The molecule has 0 saturated carbocycles. The molecule has 0 fully saturated rings. The van der Waals surface area contributed by atoms with E-state index in [9.17, 15) is 9.36 Å². The molecule has 0 bridgehead atoms. The molecule has 0 aliphatic rings. The monoisotopic (exact) mass is 251 g/mol. The number of aromatic nitrogens is 1. The minimum absolute atomic E-state index is 0.395. The quantitative estimate of drug-likeness (QED) is 0.794. The Balaban J connectivity index is 2.53. The summed E-state index contributed by atoms with van der Waals surface area (Å²) in [6.07, 6.45) is 1.53. The molecule has 0 radical (unpaired) electrons. The predicted molar refractivity (Wildman–Crippen MR) is 55.9 cm³/mol. The molecule has 15 heavy (non-hydrogen) atoms. The fraction of sp³-hybridized carbons (Fsp3) is 0.333. The Morgan fingerprint density at radius 3 is 2.67 bits per heavy atom. The van der Waals surface area contributed by atoms with Crippen molar-refractivity contribution in [2.45, 2.75) is 0 Å². The third-order valence-corrected chi connectivity index (χ3v) is 3.50. The van der Waals surface area contributed by atoms with Gasteiger partial charge in [0.25, 0.3) is 0 Å². The molecule has 1 rings (SSSR count). The van der Waals surface area contributed by atoms with Crippen LogP contribution in [-0.4, -0.2) is 25.2 Å².